The molecule has 7 heteroatoms. The van der Waals surface area contributed by atoms with Crippen molar-refractivity contribution in [3.05, 3.63) is 63.6 Å². The largest absolute Gasteiger partial charge is 0.378 e. The van der Waals surface area contributed by atoms with Gasteiger partial charge in [0.2, 0.25) is 5.91 Å². The predicted octanol–water partition coefficient (Wildman–Crippen LogP) is 3.92. The van der Waals surface area contributed by atoms with E-state index in [1.54, 1.807) is 24.1 Å². The Morgan fingerprint density at radius 1 is 1.03 bits per heavy atom. The summed E-state index contributed by atoms with van der Waals surface area (Å²) in [4.78, 5) is 18.8. The number of morpholine rings is 1. The summed E-state index contributed by atoms with van der Waals surface area (Å²) in [6, 6.07) is 13.8. The summed E-state index contributed by atoms with van der Waals surface area (Å²) >= 11 is 12.0. The second kappa shape index (κ2) is 10.3. The van der Waals surface area contributed by atoms with E-state index in [1.165, 1.54) is 11.3 Å². The third-order valence-electron chi connectivity index (χ3n) is 5.02. The molecule has 1 aliphatic heterocycles. The van der Waals surface area contributed by atoms with Crippen molar-refractivity contribution in [2.24, 2.45) is 0 Å². The predicted molar refractivity (Wildman–Crippen MR) is 119 cm³/mol. The molecule has 0 unspecified atom stereocenters. The van der Waals surface area contributed by atoms with Gasteiger partial charge < -0.3 is 14.5 Å². The Morgan fingerprint density at radius 2 is 1.76 bits per heavy atom. The topological polar surface area (TPSA) is 36.0 Å². The molecule has 1 amide bonds. The summed E-state index contributed by atoms with van der Waals surface area (Å²) in [6.07, 6.45) is 0. The molecule has 1 heterocycles. The maximum absolute atomic E-state index is 12.7. The smallest absolute Gasteiger partial charge is 0.236 e. The highest BCUT2D eigenvalue weighted by molar-refractivity contribution is 6.42. The average molecular weight is 436 g/mol. The first-order valence-corrected chi connectivity index (χ1v) is 10.5. The van der Waals surface area contributed by atoms with Crippen LogP contribution in [-0.2, 0) is 22.6 Å². The number of amides is 1. The number of carbonyl (C=O) groups excluding carboxylic acids is 1. The Balaban J connectivity index is 1.58. The van der Waals surface area contributed by atoms with Gasteiger partial charge in [0.05, 0.1) is 29.8 Å². The van der Waals surface area contributed by atoms with Gasteiger partial charge >= 0.3 is 0 Å². The van der Waals surface area contributed by atoms with Crippen LogP contribution in [0.4, 0.5) is 5.69 Å². The molecule has 5 nitrogen and oxygen atoms in total. The number of hydrogen-bond acceptors (Lipinski definition) is 4. The Kier molecular flexibility index (Phi) is 7.78. The van der Waals surface area contributed by atoms with Crippen LogP contribution >= 0.6 is 23.2 Å². The molecule has 0 bridgehead atoms. The van der Waals surface area contributed by atoms with E-state index in [2.05, 4.69) is 23.1 Å². The summed E-state index contributed by atoms with van der Waals surface area (Å²) in [5.41, 5.74) is 3.40. The van der Waals surface area contributed by atoms with E-state index in [0.717, 1.165) is 31.9 Å². The van der Waals surface area contributed by atoms with Crippen molar-refractivity contribution in [2.75, 3.05) is 51.8 Å². The van der Waals surface area contributed by atoms with Crippen molar-refractivity contribution in [1.82, 2.24) is 9.80 Å². The molecule has 29 heavy (non-hydrogen) atoms. The van der Waals surface area contributed by atoms with Crippen molar-refractivity contribution < 1.29 is 9.53 Å². The number of anilines is 1. The number of likely N-dealkylation sites (N-methyl/N-ethyl adjacent to an activating group) is 2. The fourth-order valence-corrected chi connectivity index (χ4v) is 3.78. The zero-order chi connectivity index (χ0) is 20.8. The Labute approximate surface area is 182 Å². The Morgan fingerprint density at radius 3 is 2.48 bits per heavy atom. The van der Waals surface area contributed by atoms with Gasteiger partial charge in [-0.3, -0.25) is 9.69 Å². The summed E-state index contributed by atoms with van der Waals surface area (Å²) in [6.45, 7) is 4.84. The lowest BCUT2D eigenvalue weighted by Gasteiger charge is -2.31. The summed E-state index contributed by atoms with van der Waals surface area (Å²) < 4.78 is 5.47. The number of para-hydroxylation sites is 1. The van der Waals surface area contributed by atoms with Crippen LogP contribution in [0.25, 0.3) is 0 Å². The van der Waals surface area contributed by atoms with Crippen molar-refractivity contribution in [3.63, 3.8) is 0 Å². The SMILES string of the molecule is CN(CC(=O)N(C)Cc1ccc(Cl)c(Cl)c1)Cc1ccccc1N1CCOCC1. The van der Waals surface area contributed by atoms with Gasteiger partial charge in [0, 0.05) is 38.9 Å². The zero-order valence-corrected chi connectivity index (χ0v) is 18.4. The number of benzene rings is 2. The number of ether oxygens (including phenoxy) is 1. The lowest BCUT2D eigenvalue weighted by atomic mass is 10.1. The zero-order valence-electron chi connectivity index (χ0n) is 16.9. The van der Waals surface area contributed by atoms with Crippen LogP contribution in [0.1, 0.15) is 11.1 Å². The minimum atomic E-state index is 0.0578. The second-order valence-electron chi connectivity index (χ2n) is 7.40. The maximum atomic E-state index is 12.7. The molecule has 3 rings (SSSR count). The van der Waals surface area contributed by atoms with Crippen LogP contribution in [0.5, 0.6) is 0 Å². The molecule has 0 radical (unpaired) electrons. The standard InChI is InChI=1S/C22H27Cl2N3O2/c1-25(15-18-5-3-4-6-21(18)27-9-11-29-12-10-27)16-22(28)26(2)14-17-7-8-19(23)20(24)13-17/h3-8,13H,9-12,14-16H2,1-2H3. The summed E-state index contributed by atoms with van der Waals surface area (Å²) in [7, 11) is 3.78. The van der Waals surface area contributed by atoms with Gasteiger partial charge in [-0.05, 0) is 36.4 Å². The first-order valence-electron chi connectivity index (χ1n) is 9.71. The van der Waals surface area contributed by atoms with E-state index in [9.17, 15) is 4.79 Å². The molecule has 1 saturated heterocycles. The lowest BCUT2D eigenvalue weighted by molar-refractivity contribution is -0.131. The van der Waals surface area contributed by atoms with E-state index in [1.807, 2.05) is 24.1 Å². The molecule has 1 aliphatic rings. The maximum Gasteiger partial charge on any atom is 0.236 e. The summed E-state index contributed by atoms with van der Waals surface area (Å²) in [5.74, 6) is 0.0578. The first-order chi connectivity index (χ1) is 13.9. The molecule has 0 N–H and O–H groups in total. The van der Waals surface area contributed by atoms with Gasteiger partial charge in [-0.1, -0.05) is 47.5 Å². The average Bonchev–Trinajstić information content (AvgIpc) is 2.71. The highest BCUT2D eigenvalue weighted by Gasteiger charge is 2.17. The van der Waals surface area contributed by atoms with Crippen molar-refractivity contribution in [2.45, 2.75) is 13.1 Å². The van der Waals surface area contributed by atoms with Gasteiger partial charge in [0.15, 0.2) is 0 Å². The first kappa shape index (κ1) is 21.9. The number of nitrogens with zero attached hydrogens (tertiary/aromatic N) is 3. The van der Waals surface area contributed by atoms with E-state index in [4.69, 9.17) is 27.9 Å². The van der Waals surface area contributed by atoms with Crippen LogP contribution in [0.3, 0.4) is 0 Å². The molecule has 2 aromatic carbocycles. The number of carbonyl (C=O) groups is 1. The molecule has 0 spiro atoms. The molecule has 1 fully saturated rings. The third kappa shape index (κ3) is 6.09. The van der Waals surface area contributed by atoms with Crippen LogP contribution in [0.15, 0.2) is 42.5 Å². The van der Waals surface area contributed by atoms with E-state index in [-0.39, 0.29) is 5.91 Å². The minimum Gasteiger partial charge on any atom is -0.378 e. The van der Waals surface area contributed by atoms with E-state index in [0.29, 0.717) is 29.7 Å². The van der Waals surface area contributed by atoms with Crippen molar-refractivity contribution in [3.8, 4) is 0 Å². The summed E-state index contributed by atoms with van der Waals surface area (Å²) in [5, 5.41) is 1.02. The van der Waals surface area contributed by atoms with E-state index < -0.39 is 0 Å². The van der Waals surface area contributed by atoms with Gasteiger partial charge in [0.1, 0.15) is 0 Å². The van der Waals surface area contributed by atoms with Crippen molar-refractivity contribution >= 4 is 34.8 Å². The second-order valence-corrected chi connectivity index (χ2v) is 8.21. The normalized spacial score (nSPS) is 14.3. The highest BCUT2D eigenvalue weighted by atomic mass is 35.5. The Hall–Kier alpha value is -1.79. The number of rotatable bonds is 7. The van der Waals surface area contributed by atoms with Crippen LogP contribution in [0, 0.1) is 0 Å². The molecule has 0 aliphatic carbocycles. The highest BCUT2D eigenvalue weighted by Crippen LogP contribution is 2.24. The van der Waals surface area contributed by atoms with E-state index >= 15 is 0 Å². The van der Waals surface area contributed by atoms with Gasteiger partial charge in [-0.2, -0.15) is 0 Å². The van der Waals surface area contributed by atoms with Crippen LogP contribution in [-0.4, -0.2) is 62.7 Å². The molecular formula is C22H27Cl2N3O2. The quantitative estimate of drug-likeness (QED) is 0.659. The van der Waals surface area contributed by atoms with Crippen LogP contribution in [0.2, 0.25) is 10.0 Å². The third-order valence-corrected chi connectivity index (χ3v) is 5.76. The molecule has 156 valence electrons. The monoisotopic (exact) mass is 435 g/mol. The molecule has 0 atom stereocenters. The van der Waals surface area contributed by atoms with Crippen LogP contribution < -0.4 is 4.90 Å². The minimum absolute atomic E-state index is 0.0578. The fraction of sp³-hybridized carbons (Fsp3) is 0.409. The molecule has 0 saturated carbocycles. The Bertz CT molecular complexity index is 841. The van der Waals surface area contributed by atoms with Crippen molar-refractivity contribution in [1.29, 1.82) is 0 Å². The van der Waals surface area contributed by atoms with Gasteiger partial charge in [-0.25, -0.2) is 0 Å². The molecule has 0 aromatic heterocycles. The van der Waals surface area contributed by atoms with Gasteiger partial charge in [-0.15, -0.1) is 0 Å². The number of halogens is 2. The van der Waals surface area contributed by atoms with Gasteiger partial charge in [0.25, 0.3) is 0 Å². The fourth-order valence-electron chi connectivity index (χ4n) is 3.46. The lowest BCUT2D eigenvalue weighted by Crippen LogP contribution is -2.38. The molecular weight excluding hydrogens is 409 g/mol. The number of hydrogen-bond donors (Lipinski definition) is 0. The molecule has 2 aromatic rings.